The van der Waals surface area contributed by atoms with Crippen molar-refractivity contribution >= 4 is 35.0 Å². The first kappa shape index (κ1) is 24.1. The van der Waals surface area contributed by atoms with Crippen LogP contribution in [0.1, 0.15) is 34.9 Å². The number of para-hydroxylation sites is 2. The predicted octanol–water partition coefficient (Wildman–Crippen LogP) is 3.92. The SMILES string of the molecule is Nc1ccccc1NC(=O)c1ccc(C(CCC(=O)O)NC(=O)Nc2ccc(F)c(F)c2)cn1. The molecule has 0 radical (unpaired) electrons. The van der Waals surface area contributed by atoms with Gasteiger partial charge in [0.2, 0.25) is 0 Å². The van der Waals surface area contributed by atoms with Crippen LogP contribution in [0, 0.1) is 11.6 Å². The number of nitrogens with two attached hydrogens (primary N) is 1. The van der Waals surface area contributed by atoms with Crippen LogP contribution in [0.5, 0.6) is 0 Å². The molecule has 176 valence electrons. The van der Waals surface area contributed by atoms with Crippen molar-refractivity contribution in [1.29, 1.82) is 0 Å². The number of nitrogens with one attached hydrogen (secondary N) is 3. The van der Waals surface area contributed by atoms with Crippen LogP contribution in [0.2, 0.25) is 0 Å². The van der Waals surface area contributed by atoms with Gasteiger partial charge in [0.15, 0.2) is 11.6 Å². The van der Waals surface area contributed by atoms with Crippen molar-refractivity contribution in [2.75, 3.05) is 16.4 Å². The van der Waals surface area contributed by atoms with Gasteiger partial charge in [-0.25, -0.2) is 13.6 Å². The fourth-order valence-corrected chi connectivity index (χ4v) is 3.03. The highest BCUT2D eigenvalue weighted by Gasteiger charge is 2.18. The van der Waals surface area contributed by atoms with Gasteiger partial charge in [-0.05, 0) is 42.3 Å². The Morgan fingerprint density at radius 3 is 2.41 bits per heavy atom. The maximum atomic E-state index is 13.4. The molecule has 1 aromatic heterocycles. The number of carboxylic acids is 1. The third-order valence-corrected chi connectivity index (χ3v) is 4.76. The van der Waals surface area contributed by atoms with E-state index in [0.717, 1.165) is 12.1 Å². The van der Waals surface area contributed by atoms with Crippen molar-refractivity contribution in [3.8, 4) is 0 Å². The number of nitrogens with zero attached hydrogens (tertiary/aromatic N) is 1. The lowest BCUT2D eigenvalue weighted by atomic mass is 10.0. The molecule has 0 saturated carbocycles. The Hall–Kier alpha value is -4.54. The molecule has 0 spiro atoms. The summed E-state index contributed by atoms with van der Waals surface area (Å²) in [6.45, 7) is 0. The van der Waals surface area contributed by atoms with Crippen molar-refractivity contribution in [2.24, 2.45) is 0 Å². The second-order valence-electron chi connectivity index (χ2n) is 7.23. The fraction of sp³-hybridized carbons (Fsp3) is 0.130. The van der Waals surface area contributed by atoms with E-state index in [4.69, 9.17) is 10.8 Å². The van der Waals surface area contributed by atoms with Crippen molar-refractivity contribution < 1.29 is 28.3 Å². The summed E-state index contributed by atoms with van der Waals surface area (Å²) >= 11 is 0. The summed E-state index contributed by atoms with van der Waals surface area (Å²) in [7, 11) is 0. The first-order valence-corrected chi connectivity index (χ1v) is 10.1. The minimum atomic E-state index is -1.13. The molecule has 0 aliphatic carbocycles. The molecule has 0 aliphatic rings. The van der Waals surface area contributed by atoms with E-state index in [0.29, 0.717) is 16.9 Å². The highest BCUT2D eigenvalue weighted by atomic mass is 19.2. The van der Waals surface area contributed by atoms with E-state index < -0.39 is 35.6 Å². The molecule has 1 unspecified atom stereocenters. The summed E-state index contributed by atoms with van der Waals surface area (Å²) in [4.78, 5) is 40.0. The molecule has 6 N–H and O–H groups in total. The number of amides is 3. The molecule has 3 amide bonds. The average Bonchev–Trinajstić information content (AvgIpc) is 2.80. The number of halogens is 2. The Morgan fingerprint density at radius 2 is 1.76 bits per heavy atom. The molecule has 0 bridgehead atoms. The summed E-state index contributed by atoms with van der Waals surface area (Å²) in [6.07, 6.45) is 1.10. The molecule has 9 nitrogen and oxygen atoms in total. The van der Waals surface area contributed by atoms with Gasteiger partial charge in [-0.15, -0.1) is 0 Å². The van der Waals surface area contributed by atoms with Gasteiger partial charge in [-0.2, -0.15) is 0 Å². The quantitative estimate of drug-likeness (QED) is 0.316. The monoisotopic (exact) mass is 469 g/mol. The molecule has 1 heterocycles. The molecule has 1 atom stereocenters. The highest BCUT2D eigenvalue weighted by Crippen LogP contribution is 2.21. The molecule has 34 heavy (non-hydrogen) atoms. The van der Waals surface area contributed by atoms with Crippen LogP contribution in [0.3, 0.4) is 0 Å². The second kappa shape index (κ2) is 10.9. The Kier molecular flexibility index (Phi) is 7.70. The summed E-state index contributed by atoms with van der Waals surface area (Å²) in [5.41, 5.74) is 7.16. The molecule has 0 saturated heterocycles. The maximum Gasteiger partial charge on any atom is 0.319 e. The van der Waals surface area contributed by atoms with Gasteiger partial charge >= 0.3 is 12.0 Å². The molecule has 0 aliphatic heterocycles. The largest absolute Gasteiger partial charge is 0.481 e. The van der Waals surface area contributed by atoms with Gasteiger partial charge in [0.25, 0.3) is 5.91 Å². The van der Waals surface area contributed by atoms with Gasteiger partial charge in [0.1, 0.15) is 5.69 Å². The van der Waals surface area contributed by atoms with Crippen LogP contribution >= 0.6 is 0 Å². The lowest BCUT2D eigenvalue weighted by Crippen LogP contribution is -2.33. The van der Waals surface area contributed by atoms with Crippen molar-refractivity contribution in [3.05, 3.63) is 83.7 Å². The van der Waals surface area contributed by atoms with Crippen molar-refractivity contribution in [3.63, 3.8) is 0 Å². The van der Waals surface area contributed by atoms with Crippen LogP contribution in [-0.2, 0) is 4.79 Å². The number of aliphatic carboxylic acids is 1. The van der Waals surface area contributed by atoms with Crippen molar-refractivity contribution in [2.45, 2.75) is 18.9 Å². The van der Waals surface area contributed by atoms with Gasteiger partial charge in [0, 0.05) is 24.4 Å². The summed E-state index contributed by atoms with van der Waals surface area (Å²) < 4.78 is 26.4. The lowest BCUT2D eigenvalue weighted by Gasteiger charge is -2.19. The fourth-order valence-electron chi connectivity index (χ4n) is 3.03. The van der Waals surface area contributed by atoms with Gasteiger partial charge in [-0.3, -0.25) is 14.6 Å². The maximum absolute atomic E-state index is 13.4. The summed E-state index contributed by atoms with van der Waals surface area (Å²) in [6, 6.07) is 11.0. The zero-order chi connectivity index (χ0) is 24.7. The Balaban J connectivity index is 1.71. The van der Waals surface area contributed by atoms with Crippen LogP contribution in [0.15, 0.2) is 60.8 Å². The standard InChI is InChI=1S/C23H21F2N5O4/c24-15-7-6-14(11-16(15)25)28-23(34)30-18(9-10-21(31)32)13-5-8-20(27-12-13)22(33)29-19-4-2-1-3-17(19)26/h1-8,11-12,18H,9-10,26H2,(H,29,33)(H,31,32)(H2,28,30,34). The van der Waals surface area contributed by atoms with E-state index in [1.807, 2.05) is 0 Å². The van der Waals surface area contributed by atoms with E-state index >= 15 is 0 Å². The number of aromatic nitrogens is 1. The third kappa shape index (κ3) is 6.48. The van der Waals surface area contributed by atoms with E-state index in [1.54, 1.807) is 24.3 Å². The zero-order valence-electron chi connectivity index (χ0n) is 17.7. The van der Waals surface area contributed by atoms with E-state index in [1.165, 1.54) is 24.4 Å². The number of anilines is 3. The second-order valence-corrected chi connectivity index (χ2v) is 7.23. The van der Waals surface area contributed by atoms with Crippen LogP contribution in [0.4, 0.5) is 30.6 Å². The topological polar surface area (TPSA) is 146 Å². The van der Waals surface area contributed by atoms with E-state index in [9.17, 15) is 23.2 Å². The van der Waals surface area contributed by atoms with E-state index in [2.05, 4.69) is 20.9 Å². The number of pyridine rings is 1. The molecule has 3 rings (SSSR count). The van der Waals surface area contributed by atoms with Crippen LogP contribution < -0.4 is 21.7 Å². The minimum Gasteiger partial charge on any atom is -0.481 e. The number of urea groups is 1. The van der Waals surface area contributed by atoms with Gasteiger partial charge in [0.05, 0.1) is 17.4 Å². The number of nitrogen functional groups attached to an aromatic ring is 1. The van der Waals surface area contributed by atoms with Gasteiger partial charge < -0.3 is 26.8 Å². The normalized spacial score (nSPS) is 11.4. The minimum absolute atomic E-state index is 0.0127. The number of hydrogen-bond acceptors (Lipinski definition) is 5. The molecule has 2 aromatic carbocycles. The summed E-state index contributed by atoms with van der Waals surface area (Å²) in [5.74, 6) is -3.77. The number of carbonyl (C=O) groups is 3. The third-order valence-electron chi connectivity index (χ3n) is 4.76. The lowest BCUT2D eigenvalue weighted by molar-refractivity contribution is -0.137. The molecule has 11 heteroatoms. The first-order valence-electron chi connectivity index (χ1n) is 10.1. The van der Waals surface area contributed by atoms with Crippen LogP contribution in [-0.4, -0.2) is 28.0 Å². The molecular formula is C23H21F2N5O4. The zero-order valence-corrected chi connectivity index (χ0v) is 17.7. The molecule has 0 fully saturated rings. The van der Waals surface area contributed by atoms with Gasteiger partial charge in [-0.1, -0.05) is 18.2 Å². The van der Waals surface area contributed by atoms with Crippen LogP contribution in [0.25, 0.3) is 0 Å². The predicted molar refractivity (Wildman–Crippen MR) is 121 cm³/mol. The van der Waals surface area contributed by atoms with Crippen molar-refractivity contribution in [1.82, 2.24) is 10.3 Å². The number of carboxylic acid groups (broad SMARTS) is 1. The summed E-state index contributed by atoms with van der Waals surface area (Å²) in [5, 5.41) is 16.6. The smallest absolute Gasteiger partial charge is 0.319 e. The number of benzene rings is 2. The molecule has 3 aromatic rings. The highest BCUT2D eigenvalue weighted by molar-refractivity contribution is 6.04. The number of carbonyl (C=O) groups excluding carboxylic acids is 2. The van der Waals surface area contributed by atoms with E-state index in [-0.39, 0.29) is 24.2 Å². The number of rotatable bonds is 8. The Labute approximate surface area is 193 Å². The molecular weight excluding hydrogens is 448 g/mol. The first-order chi connectivity index (χ1) is 16.2. The average molecular weight is 469 g/mol. The number of hydrogen-bond donors (Lipinski definition) is 5. The Morgan fingerprint density at radius 1 is 1.00 bits per heavy atom. The Bertz CT molecular complexity index is 1200.